The second-order valence-corrected chi connectivity index (χ2v) is 8.40. The van der Waals surface area contributed by atoms with Gasteiger partial charge in [-0.3, -0.25) is 0 Å². The van der Waals surface area contributed by atoms with Crippen LogP contribution < -0.4 is 10.6 Å². The van der Waals surface area contributed by atoms with Gasteiger partial charge in [-0.05, 0) is 81.4 Å². The smallest absolute Gasteiger partial charge is 0.341 e. The van der Waals surface area contributed by atoms with Crippen LogP contribution in [-0.2, 0) is 17.6 Å². The molecule has 0 saturated carbocycles. The number of hydrogen-bond donors (Lipinski definition) is 2. The van der Waals surface area contributed by atoms with Gasteiger partial charge in [-0.1, -0.05) is 18.6 Å². The number of benzene rings is 1. The van der Waals surface area contributed by atoms with Crippen LogP contribution in [0.2, 0.25) is 0 Å². The van der Waals surface area contributed by atoms with E-state index >= 15 is 0 Å². The number of esters is 1. The molecule has 2 aromatic rings. The lowest BCUT2D eigenvalue weighted by molar-refractivity contribution is 0.0527. The van der Waals surface area contributed by atoms with Crippen molar-refractivity contribution in [3.63, 3.8) is 0 Å². The van der Waals surface area contributed by atoms with E-state index in [2.05, 4.69) is 35.8 Å². The Kier molecular flexibility index (Phi) is 6.50. The predicted molar refractivity (Wildman–Crippen MR) is 117 cm³/mol. The molecule has 1 aromatic carbocycles. The van der Waals surface area contributed by atoms with Crippen LogP contribution in [0.5, 0.6) is 0 Å². The van der Waals surface area contributed by atoms with E-state index in [4.69, 9.17) is 17.0 Å². The molecule has 0 radical (unpaired) electrons. The molecule has 0 aliphatic heterocycles. The lowest BCUT2D eigenvalue weighted by Crippen LogP contribution is -2.21. The Balaban J connectivity index is 1.86. The summed E-state index contributed by atoms with van der Waals surface area (Å²) >= 11 is 7.17. The summed E-state index contributed by atoms with van der Waals surface area (Å²) in [5.74, 6) is -0.256. The highest BCUT2D eigenvalue weighted by Gasteiger charge is 2.26. The number of anilines is 2. The summed E-state index contributed by atoms with van der Waals surface area (Å²) in [4.78, 5) is 13.9. The Morgan fingerprint density at radius 2 is 1.96 bits per heavy atom. The molecule has 0 amide bonds. The van der Waals surface area contributed by atoms with Gasteiger partial charge in [-0.2, -0.15) is 0 Å². The molecule has 2 N–H and O–H groups in total. The number of carbonyl (C=O) groups excluding carboxylic acids is 1. The Labute approximate surface area is 170 Å². The highest BCUT2D eigenvalue weighted by Crippen LogP contribution is 2.38. The first kappa shape index (κ1) is 19.8. The number of rotatable bonds is 4. The number of ether oxygens (including phenoxy) is 1. The summed E-state index contributed by atoms with van der Waals surface area (Å²) in [5.41, 5.74) is 5.08. The van der Waals surface area contributed by atoms with Crippen LogP contribution in [-0.4, -0.2) is 17.7 Å². The van der Waals surface area contributed by atoms with E-state index in [1.165, 1.54) is 23.3 Å². The normalized spacial score (nSPS) is 13.4. The molecule has 4 nitrogen and oxygen atoms in total. The van der Waals surface area contributed by atoms with E-state index in [1.807, 2.05) is 13.8 Å². The quantitative estimate of drug-likeness (QED) is 0.395. The minimum atomic E-state index is -0.256. The molecule has 27 heavy (non-hydrogen) atoms. The monoisotopic (exact) mass is 402 g/mol. The van der Waals surface area contributed by atoms with Gasteiger partial charge in [0.1, 0.15) is 5.00 Å². The summed E-state index contributed by atoms with van der Waals surface area (Å²) < 4.78 is 5.33. The van der Waals surface area contributed by atoms with Crippen LogP contribution in [0.3, 0.4) is 0 Å². The summed E-state index contributed by atoms with van der Waals surface area (Å²) in [6, 6.07) is 6.21. The summed E-state index contributed by atoms with van der Waals surface area (Å²) in [6.45, 7) is 6.30. The van der Waals surface area contributed by atoms with Gasteiger partial charge < -0.3 is 15.4 Å². The average Bonchev–Trinajstić information content (AvgIpc) is 2.79. The summed E-state index contributed by atoms with van der Waals surface area (Å²) in [7, 11) is 0. The number of aryl methyl sites for hydroxylation is 3. The van der Waals surface area contributed by atoms with Crippen LogP contribution in [0.1, 0.15) is 58.1 Å². The summed E-state index contributed by atoms with van der Waals surface area (Å²) in [5, 5.41) is 7.81. The van der Waals surface area contributed by atoms with Gasteiger partial charge >= 0.3 is 5.97 Å². The van der Waals surface area contributed by atoms with Gasteiger partial charge in [0.2, 0.25) is 0 Å². The molecule has 0 bridgehead atoms. The third-order valence-electron chi connectivity index (χ3n) is 4.77. The van der Waals surface area contributed by atoms with Crippen molar-refractivity contribution in [2.75, 3.05) is 17.2 Å². The maximum absolute atomic E-state index is 12.6. The van der Waals surface area contributed by atoms with E-state index in [9.17, 15) is 4.79 Å². The molecule has 1 heterocycles. The molecule has 1 aliphatic carbocycles. The first-order valence-electron chi connectivity index (χ1n) is 9.46. The van der Waals surface area contributed by atoms with E-state index in [0.717, 1.165) is 41.1 Å². The van der Waals surface area contributed by atoms with Gasteiger partial charge in [0.05, 0.1) is 12.2 Å². The first-order valence-corrected chi connectivity index (χ1v) is 10.7. The van der Waals surface area contributed by atoms with Crippen molar-refractivity contribution < 1.29 is 9.53 Å². The number of thiocarbonyl (C=S) groups is 1. The largest absolute Gasteiger partial charge is 0.462 e. The molecular weight excluding hydrogens is 376 g/mol. The number of carbonyl (C=O) groups is 1. The van der Waals surface area contributed by atoms with Crippen molar-refractivity contribution in [2.24, 2.45) is 0 Å². The molecule has 0 spiro atoms. The zero-order chi connectivity index (χ0) is 19.4. The topological polar surface area (TPSA) is 50.4 Å². The molecule has 1 aromatic heterocycles. The molecule has 0 saturated heterocycles. The molecule has 144 valence electrons. The Morgan fingerprint density at radius 1 is 1.19 bits per heavy atom. The van der Waals surface area contributed by atoms with E-state index in [-0.39, 0.29) is 5.97 Å². The standard InChI is InChI=1S/C21H26N2O2S2/c1-4-25-20(24)18-15-8-6-5-7-9-17(15)27-19(18)23-21(26)22-16-12-13(2)10-11-14(16)3/h10-12H,4-9H2,1-3H3,(H2,22,23,26). The first-order chi connectivity index (χ1) is 13.0. The van der Waals surface area contributed by atoms with Crippen molar-refractivity contribution >= 4 is 45.3 Å². The van der Waals surface area contributed by atoms with Crippen LogP contribution in [0.15, 0.2) is 18.2 Å². The number of fused-ring (bicyclic) bond motifs is 1. The Morgan fingerprint density at radius 3 is 2.74 bits per heavy atom. The van der Waals surface area contributed by atoms with E-state index < -0.39 is 0 Å². The van der Waals surface area contributed by atoms with Gasteiger partial charge in [0, 0.05) is 10.6 Å². The van der Waals surface area contributed by atoms with Crippen LogP contribution >= 0.6 is 23.6 Å². The molecule has 0 unspecified atom stereocenters. The third-order valence-corrected chi connectivity index (χ3v) is 6.18. The Bertz CT molecular complexity index is 858. The minimum Gasteiger partial charge on any atom is -0.462 e. The zero-order valence-electron chi connectivity index (χ0n) is 16.1. The van der Waals surface area contributed by atoms with Crippen molar-refractivity contribution in [2.45, 2.75) is 52.9 Å². The van der Waals surface area contributed by atoms with Crippen LogP contribution in [0, 0.1) is 13.8 Å². The van der Waals surface area contributed by atoms with Crippen molar-refractivity contribution in [1.29, 1.82) is 0 Å². The highest BCUT2D eigenvalue weighted by molar-refractivity contribution is 7.80. The second-order valence-electron chi connectivity index (χ2n) is 6.89. The summed E-state index contributed by atoms with van der Waals surface area (Å²) in [6.07, 6.45) is 5.43. The average molecular weight is 403 g/mol. The second kappa shape index (κ2) is 8.85. The van der Waals surface area contributed by atoms with Gasteiger partial charge in [-0.15, -0.1) is 11.3 Å². The fraction of sp³-hybridized carbons (Fsp3) is 0.429. The molecule has 6 heteroatoms. The molecule has 0 fully saturated rings. The third kappa shape index (κ3) is 4.68. The lowest BCUT2D eigenvalue weighted by atomic mass is 10.1. The molecule has 0 atom stereocenters. The Hall–Kier alpha value is -1.92. The molecule has 1 aliphatic rings. The zero-order valence-corrected chi connectivity index (χ0v) is 17.7. The van der Waals surface area contributed by atoms with Crippen LogP contribution in [0.25, 0.3) is 0 Å². The fourth-order valence-corrected chi connectivity index (χ4v) is 4.94. The van der Waals surface area contributed by atoms with E-state index in [0.29, 0.717) is 17.3 Å². The van der Waals surface area contributed by atoms with E-state index in [1.54, 1.807) is 11.3 Å². The highest BCUT2D eigenvalue weighted by atomic mass is 32.1. The van der Waals surface area contributed by atoms with Gasteiger partial charge in [0.25, 0.3) is 0 Å². The number of nitrogens with one attached hydrogen (secondary N) is 2. The van der Waals surface area contributed by atoms with Crippen LogP contribution in [0.4, 0.5) is 10.7 Å². The SMILES string of the molecule is CCOC(=O)c1c(NC(=S)Nc2cc(C)ccc2C)sc2c1CCCCC2. The van der Waals surface area contributed by atoms with Crippen molar-refractivity contribution in [1.82, 2.24) is 0 Å². The van der Waals surface area contributed by atoms with Crippen molar-refractivity contribution in [3.8, 4) is 0 Å². The lowest BCUT2D eigenvalue weighted by Gasteiger charge is -2.13. The predicted octanol–water partition coefficient (Wildman–Crippen LogP) is 5.62. The maximum Gasteiger partial charge on any atom is 0.341 e. The maximum atomic E-state index is 12.6. The number of thiophene rings is 1. The molecule has 3 rings (SSSR count). The van der Waals surface area contributed by atoms with Gasteiger partial charge in [0.15, 0.2) is 5.11 Å². The van der Waals surface area contributed by atoms with Gasteiger partial charge in [-0.25, -0.2) is 4.79 Å². The minimum absolute atomic E-state index is 0.256. The van der Waals surface area contributed by atoms with Crippen molar-refractivity contribution in [3.05, 3.63) is 45.3 Å². The fourth-order valence-electron chi connectivity index (χ4n) is 3.38. The number of hydrogen-bond acceptors (Lipinski definition) is 4. The molecular formula is C21H26N2O2S2.